The van der Waals surface area contributed by atoms with Gasteiger partial charge in [-0.1, -0.05) is 17.8 Å². The van der Waals surface area contributed by atoms with Gasteiger partial charge in [0, 0.05) is 36.6 Å². The molecule has 2 N–H and O–H groups in total. The fourth-order valence-electron chi connectivity index (χ4n) is 2.82. The summed E-state index contributed by atoms with van der Waals surface area (Å²) in [6.45, 7) is 2.00. The van der Waals surface area contributed by atoms with Crippen molar-refractivity contribution in [3.05, 3.63) is 64.1 Å². The number of thioether (sulfide) groups is 1. The van der Waals surface area contributed by atoms with Gasteiger partial charge in [-0.15, -0.1) is 0 Å². The van der Waals surface area contributed by atoms with Crippen LogP contribution in [0.3, 0.4) is 0 Å². The van der Waals surface area contributed by atoms with Gasteiger partial charge >= 0.3 is 0 Å². The Bertz CT molecular complexity index is 1030. The minimum Gasteiger partial charge on any atom is -0.350 e. The number of aryl methyl sites for hydroxylation is 1. The molecule has 1 saturated heterocycles. The molecular formula is C20H20N4O5S. The van der Waals surface area contributed by atoms with Crippen molar-refractivity contribution in [2.45, 2.75) is 13.5 Å². The molecular weight excluding hydrogens is 408 g/mol. The number of pyridine rings is 1. The maximum Gasteiger partial charge on any atom is 0.288 e. The molecule has 1 aliphatic rings. The monoisotopic (exact) mass is 428 g/mol. The van der Waals surface area contributed by atoms with Gasteiger partial charge in [-0.3, -0.25) is 28.9 Å². The Hall–Kier alpha value is -3.40. The number of hydrogen-bond acceptors (Lipinski definition) is 6. The molecule has 1 aliphatic heterocycles. The molecule has 0 spiro atoms. The molecule has 156 valence electrons. The Morgan fingerprint density at radius 2 is 1.80 bits per heavy atom. The molecule has 0 saturated carbocycles. The van der Waals surface area contributed by atoms with E-state index < -0.39 is 0 Å². The normalized spacial score (nSPS) is 13.4. The van der Waals surface area contributed by atoms with Crippen molar-refractivity contribution in [3.8, 4) is 0 Å². The molecule has 0 atom stereocenters. The van der Waals surface area contributed by atoms with Crippen molar-refractivity contribution in [2.75, 3.05) is 24.2 Å². The Morgan fingerprint density at radius 3 is 2.47 bits per heavy atom. The van der Waals surface area contributed by atoms with Crippen LogP contribution >= 0.6 is 11.8 Å². The minimum atomic E-state index is -0.363. The smallest absolute Gasteiger partial charge is 0.288 e. The van der Waals surface area contributed by atoms with Crippen molar-refractivity contribution in [3.63, 3.8) is 0 Å². The van der Waals surface area contributed by atoms with Gasteiger partial charge in [-0.2, -0.15) is 0 Å². The van der Waals surface area contributed by atoms with Crippen LogP contribution in [0.25, 0.3) is 0 Å². The molecule has 3 rings (SSSR count). The second-order valence-electron chi connectivity index (χ2n) is 6.65. The average molecular weight is 428 g/mol. The number of benzene rings is 1. The molecule has 1 aromatic heterocycles. The third kappa shape index (κ3) is 5.35. The molecule has 30 heavy (non-hydrogen) atoms. The lowest BCUT2D eigenvalue weighted by atomic mass is 10.2. The van der Waals surface area contributed by atoms with Crippen LogP contribution in [0, 0.1) is 6.92 Å². The zero-order valence-electron chi connectivity index (χ0n) is 16.2. The number of rotatable bonds is 7. The van der Waals surface area contributed by atoms with Crippen LogP contribution < -0.4 is 16.2 Å². The number of carbonyl (C=O) groups excluding carboxylic acids is 4. The van der Waals surface area contributed by atoms with Crippen molar-refractivity contribution in [2.24, 2.45) is 0 Å². The Balaban J connectivity index is 1.50. The molecule has 0 unspecified atom stereocenters. The predicted octanol–water partition coefficient (Wildman–Crippen LogP) is 1.22. The molecule has 9 nitrogen and oxygen atoms in total. The van der Waals surface area contributed by atoms with E-state index in [0.29, 0.717) is 11.3 Å². The molecule has 2 heterocycles. The zero-order chi connectivity index (χ0) is 21.7. The van der Waals surface area contributed by atoms with Crippen LogP contribution in [0.5, 0.6) is 0 Å². The fraction of sp³-hybridized carbons (Fsp3) is 0.250. The van der Waals surface area contributed by atoms with Gasteiger partial charge in [0.05, 0.1) is 5.75 Å². The highest BCUT2D eigenvalue weighted by molar-refractivity contribution is 8.14. The minimum absolute atomic E-state index is 0.116. The first-order valence-corrected chi connectivity index (χ1v) is 10.1. The summed E-state index contributed by atoms with van der Waals surface area (Å²) in [6, 6.07) is 9.34. The SMILES string of the molecule is Cc1ccc(=O)n(CC(=O)Nc2ccc(C(=O)NCCN3C(=O)CSC3=O)cc2)c1. The molecule has 1 fully saturated rings. The van der Waals surface area contributed by atoms with E-state index in [-0.39, 0.29) is 53.9 Å². The number of hydrogen-bond donors (Lipinski definition) is 2. The number of nitrogens with one attached hydrogen (secondary N) is 2. The van der Waals surface area contributed by atoms with Gasteiger partial charge < -0.3 is 15.2 Å². The third-order valence-corrected chi connectivity index (χ3v) is 5.20. The lowest BCUT2D eigenvalue weighted by Crippen LogP contribution is -2.37. The maximum absolute atomic E-state index is 12.2. The second kappa shape index (κ2) is 9.40. The Kier molecular flexibility index (Phi) is 6.68. The van der Waals surface area contributed by atoms with Crippen LogP contribution in [0.2, 0.25) is 0 Å². The lowest BCUT2D eigenvalue weighted by Gasteiger charge is -2.13. The Labute approximate surface area is 176 Å². The fourth-order valence-corrected chi connectivity index (χ4v) is 3.57. The van der Waals surface area contributed by atoms with Crippen molar-refractivity contribution < 1.29 is 19.2 Å². The van der Waals surface area contributed by atoms with E-state index in [9.17, 15) is 24.0 Å². The van der Waals surface area contributed by atoms with E-state index in [4.69, 9.17) is 0 Å². The van der Waals surface area contributed by atoms with Crippen molar-refractivity contribution >= 4 is 40.4 Å². The molecule has 10 heteroatoms. The van der Waals surface area contributed by atoms with E-state index in [1.165, 1.54) is 10.6 Å². The van der Waals surface area contributed by atoms with E-state index in [1.54, 1.807) is 36.5 Å². The summed E-state index contributed by atoms with van der Waals surface area (Å²) < 4.78 is 1.32. The van der Waals surface area contributed by atoms with Gasteiger partial charge in [0.15, 0.2) is 0 Å². The number of amides is 4. The molecule has 0 bridgehead atoms. The van der Waals surface area contributed by atoms with Crippen LogP contribution in [0.1, 0.15) is 15.9 Å². The summed E-state index contributed by atoms with van der Waals surface area (Å²) >= 11 is 0.948. The van der Waals surface area contributed by atoms with Gasteiger partial charge in [0.25, 0.3) is 16.7 Å². The van der Waals surface area contributed by atoms with Crippen LogP contribution in [-0.4, -0.2) is 51.3 Å². The van der Waals surface area contributed by atoms with E-state index in [0.717, 1.165) is 22.2 Å². The molecule has 0 aliphatic carbocycles. The van der Waals surface area contributed by atoms with Gasteiger partial charge in [0.1, 0.15) is 6.54 Å². The van der Waals surface area contributed by atoms with Crippen molar-refractivity contribution in [1.29, 1.82) is 0 Å². The quantitative estimate of drug-likeness (QED) is 0.685. The van der Waals surface area contributed by atoms with E-state index >= 15 is 0 Å². The van der Waals surface area contributed by atoms with Crippen LogP contribution in [-0.2, 0) is 16.1 Å². The van der Waals surface area contributed by atoms with E-state index in [2.05, 4.69) is 10.6 Å². The van der Waals surface area contributed by atoms with Crippen molar-refractivity contribution in [1.82, 2.24) is 14.8 Å². The number of carbonyl (C=O) groups is 4. The summed E-state index contributed by atoms with van der Waals surface area (Å²) in [5.74, 6) is -0.839. The summed E-state index contributed by atoms with van der Waals surface area (Å²) in [5, 5.41) is 5.03. The summed E-state index contributed by atoms with van der Waals surface area (Å²) in [4.78, 5) is 60.3. The second-order valence-corrected chi connectivity index (χ2v) is 7.58. The highest BCUT2D eigenvalue weighted by atomic mass is 32.2. The standard InChI is InChI=1S/C20H20N4O5S/c1-13-2-7-17(26)23(10-13)11-16(25)22-15-5-3-14(4-6-15)19(28)21-8-9-24-18(27)12-30-20(24)29/h2-7,10H,8-9,11-12H2,1H3,(H,21,28)(H,22,25). The molecule has 4 amide bonds. The predicted molar refractivity (Wildman–Crippen MR) is 112 cm³/mol. The summed E-state index contributed by atoms with van der Waals surface area (Å²) in [5.41, 5.74) is 1.47. The number of imide groups is 1. The number of aromatic nitrogens is 1. The zero-order valence-corrected chi connectivity index (χ0v) is 17.0. The third-order valence-electron chi connectivity index (χ3n) is 4.34. The first-order valence-electron chi connectivity index (χ1n) is 9.16. The highest BCUT2D eigenvalue weighted by Crippen LogP contribution is 2.17. The molecule has 1 aromatic carbocycles. The lowest BCUT2D eigenvalue weighted by molar-refractivity contribution is -0.124. The summed E-state index contributed by atoms with van der Waals surface area (Å²) in [7, 11) is 0. The van der Waals surface area contributed by atoms with Gasteiger partial charge in [-0.05, 0) is 36.8 Å². The summed E-state index contributed by atoms with van der Waals surface area (Å²) in [6.07, 6.45) is 1.61. The molecule has 0 radical (unpaired) electrons. The van der Waals surface area contributed by atoms with Gasteiger partial charge in [-0.25, -0.2) is 0 Å². The first-order chi connectivity index (χ1) is 14.3. The highest BCUT2D eigenvalue weighted by Gasteiger charge is 2.29. The Morgan fingerprint density at radius 1 is 1.07 bits per heavy atom. The number of anilines is 1. The topological polar surface area (TPSA) is 118 Å². The van der Waals surface area contributed by atoms with Crippen LogP contribution in [0.4, 0.5) is 10.5 Å². The largest absolute Gasteiger partial charge is 0.350 e. The van der Waals surface area contributed by atoms with Gasteiger partial charge in [0.2, 0.25) is 11.8 Å². The van der Waals surface area contributed by atoms with E-state index in [1.807, 2.05) is 6.92 Å². The first kappa shape index (κ1) is 21.3. The average Bonchev–Trinajstić information content (AvgIpc) is 3.03. The van der Waals surface area contributed by atoms with Crippen LogP contribution in [0.15, 0.2) is 47.4 Å². The number of nitrogens with zero attached hydrogens (tertiary/aromatic N) is 2. The molecule has 2 aromatic rings. The maximum atomic E-state index is 12.2.